The zero-order valence-electron chi connectivity index (χ0n) is 26.5. The normalized spacial score (nSPS) is 13.0. The van der Waals surface area contributed by atoms with Gasteiger partial charge in [-0.3, -0.25) is 0 Å². The summed E-state index contributed by atoms with van der Waals surface area (Å²) in [6, 6.07) is 52.9. The zero-order chi connectivity index (χ0) is 30.9. The molecule has 1 heterocycles. The highest BCUT2D eigenvalue weighted by molar-refractivity contribution is 6.86. The summed E-state index contributed by atoms with van der Waals surface area (Å²) >= 11 is 0. The molecule has 1 aliphatic carbocycles. The highest BCUT2D eigenvalue weighted by Gasteiger charge is 2.37. The van der Waals surface area contributed by atoms with Crippen LogP contribution in [0.4, 0.5) is 0 Å². The number of imidazole rings is 1. The highest BCUT2D eigenvalue weighted by Crippen LogP contribution is 2.38. The summed E-state index contributed by atoms with van der Waals surface area (Å²) in [4.78, 5) is 4.41. The molecule has 0 radical (unpaired) electrons. The first-order valence-corrected chi connectivity index (χ1v) is 17.8. The standard InChI is InChI=1S/C26H28N2Si.C15H15B/c1-21(2)19-22-13-15-25(16-14-22)29-26(28-18-17-27-20-28,23-9-5-3-6-10-23)24-11-7-4-8-12-24;1-3-7-13(8-4-1)16(15-11-12-15)14-9-5-2-6-10-14/h3-18,20-21H,19,29H2,1-2H3;1-10,15H,11-12H2. The molecular formula is C41H43BN2Si. The Morgan fingerprint density at radius 1 is 0.689 bits per heavy atom. The minimum atomic E-state index is -0.790. The van der Waals surface area contributed by atoms with Gasteiger partial charge in [-0.15, -0.1) is 0 Å². The van der Waals surface area contributed by atoms with E-state index in [1.807, 2.05) is 12.5 Å². The molecule has 0 N–H and O–H groups in total. The molecule has 1 fully saturated rings. The van der Waals surface area contributed by atoms with E-state index in [9.17, 15) is 0 Å². The van der Waals surface area contributed by atoms with E-state index in [4.69, 9.17) is 0 Å². The van der Waals surface area contributed by atoms with Crippen LogP contribution in [0.15, 0.2) is 164 Å². The van der Waals surface area contributed by atoms with Crippen LogP contribution in [-0.2, 0) is 11.6 Å². The van der Waals surface area contributed by atoms with Crippen molar-refractivity contribution >= 4 is 32.3 Å². The Labute approximate surface area is 272 Å². The van der Waals surface area contributed by atoms with Gasteiger partial charge in [0.1, 0.15) is 0 Å². The Morgan fingerprint density at radius 3 is 1.60 bits per heavy atom. The van der Waals surface area contributed by atoms with Gasteiger partial charge in [0.15, 0.2) is 0 Å². The van der Waals surface area contributed by atoms with Gasteiger partial charge >= 0.3 is 0 Å². The monoisotopic (exact) mass is 602 g/mol. The van der Waals surface area contributed by atoms with Crippen molar-refractivity contribution in [2.45, 2.75) is 44.1 Å². The zero-order valence-corrected chi connectivity index (χ0v) is 28.0. The summed E-state index contributed by atoms with van der Waals surface area (Å²) in [5, 5.41) is 1.25. The summed E-state index contributed by atoms with van der Waals surface area (Å²) in [6.45, 7) is 5.16. The van der Waals surface area contributed by atoms with E-state index < -0.39 is 9.52 Å². The second kappa shape index (κ2) is 14.6. The molecular weight excluding hydrogens is 559 g/mol. The maximum Gasteiger partial charge on any atom is 0.212 e. The molecule has 6 aromatic rings. The smallest absolute Gasteiger partial charge is 0.212 e. The fourth-order valence-electron chi connectivity index (χ4n) is 6.72. The van der Waals surface area contributed by atoms with Gasteiger partial charge in [0.05, 0.1) is 21.0 Å². The molecule has 0 amide bonds. The molecule has 0 bridgehead atoms. The summed E-state index contributed by atoms with van der Waals surface area (Å²) < 4.78 is 2.31. The van der Waals surface area contributed by atoms with Crippen LogP contribution in [0.2, 0.25) is 5.82 Å². The molecule has 5 aromatic carbocycles. The first-order valence-electron chi connectivity index (χ1n) is 16.4. The van der Waals surface area contributed by atoms with Crippen LogP contribution < -0.4 is 16.1 Å². The van der Waals surface area contributed by atoms with Crippen LogP contribution in [0.25, 0.3) is 0 Å². The fourth-order valence-corrected chi connectivity index (χ4v) is 9.03. The van der Waals surface area contributed by atoms with Gasteiger partial charge in [-0.25, -0.2) is 4.98 Å². The van der Waals surface area contributed by atoms with E-state index in [-0.39, 0.29) is 5.16 Å². The second-order valence-corrected chi connectivity index (χ2v) is 15.0. The van der Waals surface area contributed by atoms with Gasteiger partial charge in [0, 0.05) is 12.4 Å². The number of rotatable bonds is 10. The predicted octanol–water partition coefficient (Wildman–Crippen LogP) is 6.78. The number of hydrogen-bond donors (Lipinski definition) is 0. The third-order valence-corrected chi connectivity index (χ3v) is 11.6. The number of benzene rings is 5. The van der Waals surface area contributed by atoms with E-state index >= 15 is 0 Å². The maximum atomic E-state index is 4.41. The number of hydrogen-bond acceptors (Lipinski definition) is 1. The molecule has 7 rings (SSSR count). The molecule has 0 aliphatic heterocycles. The lowest BCUT2D eigenvalue weighted by Gasteiger charge is -2.37. The quantitative estimate of drug-likeness (QED) is 0.158. The van der Waals surface area contributed by atoms with E-state index in [1.54, 1.807) is 0 Å². The molecule has 0 spiro atoms. The van der Waals surface area contributed by atoms with Gasteiger partial charge in [-0.2, -0.15) is 0 Å². The molecule has 2 nitrogen and oxygen atoms in total. The molecule has 0 saturated heterocycles. The molecule has 224 valence electrons. The average molecular weight is 603 g/mol. The topological polar surface area (TPSA) is 17.8 Å². The molecule has 0 unspecified atom stereocenters. The minimum absolute atomic E-state index is 0.210. The fraction of sp³-hybridized carbons (Fsp3) is 0.195. The van der Waals surface area contributed by atoms with E-state index in [1.165, 1.54) is 45.6 Å². The van der Waals surface area contributed by atoms with Crippen LogP contribution in [0.5, 0.6) is 0 Å². The van der Waals surface area contributed by atoms with Gasteiger partial charge in [-0.1, -0.05) is 194 Å². The summed E-state index contributed by atoms with van der Waals surface area (Å²) in [5.74, 6) is 1.54. The Morgan fingerprint density at radius 2 is 1.18 bits per heavy atom. The Balaban J connectivity index is 0.000000187. The van der Waals surface area contributed by atoms with Gasteiger partial charge in [0.25, 0.3) is 0 Å². The van der Waals surface area contributed by atoms with E-state index in [0.29, 0.717) is 12.6 Å². The minimum Gasteiger partial charge on any atom is -0.326 e. The lowest BCUT2D eigenvalue weighted by atomic mass is 9.37. The van der Waals surface area contributed by atoms with Crippen molar-refractivity contribution in [2.75, 3.05) is 0 Å². The van der Waals surface area contributed by atoms with Gasteiger partial charge in [-0.05, 0) is 29.0 Å². The Kier molecular flexibility index (Phi) is 9.92. The highest BCUT2D eigenvalue weighted by atomic mass is 28.2. The van der Waals surface area contributed by atoms with Crippen molar-refractivity contribution in [1.82, 2.24) is 9.55 Å². The Bertz CT molecular complexity index is 1620. The largest absolute Gasteiger partial charge is 0.326 e. The molecule has 4 heteroatoms. The first kappa shape index (κ1) is 30.6. The van der Waals surface area contributed by atoms with Crippen molar-refractivity contribution in [1.29, 1.82) is 0 Å². The van der Waals surface area contributed by atoms with Crippen LogP contribution in [0.1, 0.15) is 43.4 Å². The van der Waals surface area contributed by atoms with E-state index in [2.05, 4.69) is 175 Å². The van der Waals surface area contributed by atoms with Crippen molar-refractivity contribution in [3.05, 3.63) is 181 Å². The predicted molar refractivity (Wildman–Crippen MR) is 195 cm³/mol. The van der Waals surface area contributed by atoms with Gasteiger partial charge < -0.3 is 4.57 Å². The second-order valence-electron chi connectivity index (χ2n) is 12.8. The van der Waals surface area contributed by atoms with Crippen molar-refractivity contribution in [2.24, 2.45) is 5.92 Å². The third kappa shape index (κ3) is 7.46. The summed E-state index contributed by atoms with van der Waals surface area (Å²) in [5.41, 5.74) is 7.00. The maximum absolute atomic E-state index is 4.41. The van der Waals surface area contributed by atoms with E-state index in [0.717, 1.165) is 12.2 Å². The summed E-state index contributed by atoms with van der Waals surface area (Å²) in [6.07, 6.45) is 9.87. The first-order chi connectivity index (χ1) is 22.1. The lowest BCUT2D eigenvalue weighted by molar-refractivity contribution is 0.596. The average Bonchev–Trinajstić information content (AvgIpc) is 3.77. The lowest BCUT2D eigenvalue weighted by Crippen LogP contribution is -2.46. The van der Waals surface area contributed by atoms with Crippen LogP contribution in [-0.4, -0.2) is 25.8 Å². The number of aromatic nitrogens is 2. The summed E-state index contributed by atoms with van der Waals surface area (Å²) in [7, 11) is -0.790. The molecule has 1 aromatic heterocycles. The van der Waals surface area contributed by atoms with Gasteiger partial charge in [0.2, 0.25) is 6.71 Å². The van der Waals surface area contributed by atoms with Crippen LogP contribution >= 0.6 is 0 Å². The molecule has 1 saturated carbocycles. The Hall–Kier alpha value is -4.41. The SMILES string of the molecule is CC(C)Cc1ccc([SiH2]C(c2ccccc2)(c2ccccc2)n2ccnc2)cc1.c1ccc(B(c2ccccc2)C2CC2)cc1. The van der Waals surface area contributed by atoms with Crippen LogP contribution in [0, 0.1) is 5.92 Å². The molecule has 1 aliphatic rings. The van der Waals surface area contributed by atoms with Crippen LogP contribution in [0.3, 0.4) is 0 Å². The van der Waals surface area contributed by atoms with Crippen molar-refractivity contribution in [3.63, 3.8) is 0 Å². The molecule has 45 heavy (non-hydrogen) atoms. The number of nitrogens with zero attached hydrogens (tertiary/aromatic N) is 2. The van der Waals surface area contributed by atoms with Crippen molar-refractivity contribution in [3.8, 4) is 0 Å². The molecule has 0 atom stereocenters. The van der Waals surface area contributed by atoms with Crippen molar-refractivity contribution < 1.29 is 0 Å². The third-order valence-electron chi connectivity index (χ3n) is 8.99.